The first-order valence-corrected chi connectivity index (χ1v) is 7.15. The highest BCUT2D eigenvalue weighted by Gasteiger charge is 2.51. The molecule has 0 radical (unpaired) electrons. The van der Waals surface area contributed by atoms with Crippen molar-refractivity contribution in [1.82, 2.24) is 5.32 Å². The van der Waals surface area contributed by atoms with Crippen molar-refractivity contribution in [3.8, 4) is 0 Å². The van der Waals surface area contributed by atoms with Crippen LogP contribution in [0.25, 0.3) is 0 Å². The van der Waals surface area contributed by atoms with Crippen LogP contribution in [0, 0.1) is 11.7 Å². The van der Waals surface area contributed by atoms with E-state index in [1.165, 1.54) is 12.1 Å². The van der Waals surface area contributed by atoms with E-state index >= 15 is 0 Å². The van der Waals surface area contributed by atoms with E-state index in [1.54, 1.807) is 12.1 Å². The van der Waals surface area contributed by atoms with E-state index in [0.717, 1.165) is 5.56 Å². The second-order valence-corrected chi connectivity index (χ2v) is 6.08. The van der Waals surface area contributed by atoms with Crippen LogP contribution in [-0.2, 0) is 15.0 Å². The number of carbonyl (C=O) groups excluding carboxylic acids is 1. The predicted molar refractivity (Wildman–Crippen MR) is 76.3 cm³/mol. The van der Waals surface area contributed by atoms with Gasteiger partial charge in [-0.25, -0.2) is 9.18 Å². The molecule has 1 aliphatic rings. The maximum atomic E-state index is 13.0. The predicted octanol–water partition coefficient (Wildman–Crippen LogP) is 2.47. The zero-order valence-electron chi connectivity index (χ0n) is 12.2. The van der Waals surface area contributed by atoms with Crippen molar-refractivity contribution in [3.63, 3.8) is 0 Å². The highest BCUT2D eigenvalue weighted by molar-refractivity contribution is 5.93. The molecule has 0 bridgehead atoms. The maximum Gasteiger partial charge on any atom is 0.326 e. The van der Waals surface area contributed by atoms with Crippen molar-refractivity contribution < 1.29 is 19.1 Å². The number of aliphatic carboxylic acids is 1. The Bertz CT molecular complexity index is 535. The van der Waals surface area contributed by atoms with E-state index in [2.05, 4.69) is 5.32 Å². The molecule has 0 heterocycles. The van der Waals surface area contributed by atoms with Gasteiger partial charge in [-0.05, 0) is 42.9 Å². The topological polar surface area (TPSA) is 66.4 Å². The molecule has 1 aromatic rings. The number of rotatable bonds is 6. The molecule has 5 heteroatoms. The molecule has 1 atom stereocenters. The largest absolute Gasteiger partial charge is 0.480 e. The van der Waals surface area contributed by atoms with Crippen molar-refractivity contribution in [2.75, 3.05) is 0 Å². The Morgan fingerprint density at radius 3 is 2.29 bits per heavy atom. The normalized spacial score (nSPS) is 17.3. The number of carboxylic acids is 1. The monoisotopic (exact) mass is 293 g/mol. The first kappa shape index (κ1) is 15.5. The number of carboxylic acid groups (broad SMARTS) is 1. The zero-order valence-corrected chi connectivity index (χ0v) is 12.2. The lowest BCUT2D eigenvalue weighted by molar-refractivity contribution is -0.142. The van der Waals surface area contributed by atoms with Gasteiger partial charge in [-0.15, -0.1) is 0 Å². The van der Waals surface area contributed by atoms with Crippen molar-refractivity contribution in [2.24, 2.45) is 5.92 Å². The van der Waals surface area contributed by atoms with Gasteiger partial charge in [0.1, 0.15) is 11.9 Å². The van der Waals surface area contributed by atoms with Crippen LogP contribution in [0.1, 0.15) is 38.7 Å². The smallest absolute Gasteiger partial charge is 0.326 e. The summed E-state index contributed by atoms with van der Waals surface area (Å²) in [5.41, 5.74) is 0.0633. The Hall–Kier alpha value is -1.91. The highest BCUT2D eigenvalue weighted by atomic mass is 19.1. The van der Waals surface area contributed by atoms with Gasteiger partial charge in [0, 0.05) is 0 Å². The second kappa shape index (κ2) is 5.84. The molecule has 1 fully saturated rings. The van der Waals surface area contributed by atoms with Crippen LogP contribution < -0.4 is 5.32 Å². The SMILES string of the molecule is CC(C)CC(NC(=O)C1(c2ccc(F)cc2)CC1)C(=O)O. The molecule has 1 unspecified atom stereocenters. The van der Waals surface area contributed by atoms with Gasteiger partial charge in [0.05, 0.1) is 5.41 Å². The van der Waals surface area contributed by atoms with Gasteiger partial charge in [-0.3, -0.25) is 4.79 Å². The Kier molecular flexibility index (Phi) is 4.30. The summed E-state index contributed by atoms with van der Waals surface area (Å²) in [5.74, 6) is -1.47. The van der Waals surface area contributed by atoms with Gasteiger partial charge >= 0.3 is 5.97 Å². The number of amides is 1. The highest BCUT2D eigenvalue weighted by Crippen LogP contribution is 2.48. The third-order valence-electron chi connectivity index (χ3n) is 3.89. The van der Waals surface area contributed by atoms with E-state index in [0.29, 0.717) is 19.3 Å². The summed E-state index contributed by atoms with van der Waals surface area (Å²) in [6, 6.07) is 4.97. The summed E-state index contributed by atoms with van der Waals surface area (Å²) in [6.45, 7) is 3.82. The number of hydrogen-bond donors (Lipinski definition) is 2. The van der Waals surface area contributed by atoms with Crippen molar-refractivity contribution in [3.05, 3.63) is 35.6 Å². The molecular formula is C16H20FNO3. The lowest BCUT2D eigenvalue weighted by Gasteiger charge is -2.21. The van der Waals surface area contributed by atoms with Crippen LogP contribution >= 0.6 is 0 Å². The fourth-order valence-corrected chi connectivity index (χ4v) is 2.53. The molecule has 0 spiro atoms. The quantitative estimate of drug-likeness (QED) is 0.846. The van der Waals surface area contributed by atoms with Crippen molar-refractivity contribution >= 4 is 11.9 Å². The average Bonchev–Trinajstić information content (AvgIpc) is 3.19. The van der Waals surface area contributed by atoms with Crippen LogP contribution in [0.15, 0.2) is 24.3 Å². The molecule has 2 N–H and O–H groups in total. The summed E-state index contributed by atoms with van der Waals surface area (Å²) in [7, 11) is 0. The first-order valence-electron chi connectivity index (χ1n) is 7.15. The summed E-state index contributed by atoms with van der Waals surface area (Å²) >= 11 is 0. The first-order chi connectivity index (χ1) is 9.85. The average molecular weight is 293 g/mol. The van der Waals surface area contributed by atoms with Crippen LogP contribution in [0.3, 0.4) is 0 Å². The van der Waals surface area contributed by atoms with Crippen LogP contribution in [0.2, 0.25) is 0 Å². The second-order valence-electron chi connectivity index (χ2n) is 6.08. The lowest BCUT2D eigenvalue weighted by Crippen LogP contribution is -2.46. The third-order valence-corrected chi connectivity index (χ3v) is 3.89. The van der Waals surface area contributed by atoms with Gasteiger partial charge in [-0.2, -0.15) is 0 Å². The zero-order chi connectivity index (χ0) is 15.6. The van der Waals surface area contributed by atoms with Crippen molar-refractivity contribution in [1.29, 1.82) is 0 Å². The number of carbonyl (C=O) groups is 2. The van der Waals surface area contributed by atoms with Gasteiger partial charge in [0.25, 0.3) is 0 Å². The minimum absolute atomic E-state index is 0.173. The summed E-state index contributed by atoms with van der Waals surface area (Å²) in [6.07, 6.45) is 1.72. The number of benzene rings is 1. The Morgan fingerprint density at radius 1 is 1.29 bits per heavy atom. The fourth-order valence-electron chi connectivity index (χ4n) is 2.53. The Balaban J connectivity index is 2.11. The Labute approximate surface area is 123 Å². The summed E-state index contributed by atoms with van der Waals surface area (Å²) < 4.78 is 13.0. The van der Waals surface area contributed by atoms with Crippen LogP contribution in [-0.4, -0.2) is 23.0 Å². The van der Waals surface area contributed by atoms with E-state index in [4.69, 9.17) is 0 Å². The number of nitrogens with one attached hydrogen (secondary N) is 1. The maximum absolute atomic E-state index is 13.0. The lowest BCUT2D eigenvalue weighted by atomic mass is 9.94. The van der Waals surface area contributed by atoms with Crippen LogP contribution in [0.5, 0.6) is 0 Å². The minimum atomic E-state index is -1.02. The number of hydrogen-bond acceptors (Lipinski definition) is 2. The minimum Gasteiger partial charge on any atom is -0.480 e. The molecule has 21 heavy (non-hydrogen) atoms. The number of halogens is 1. The summed E-state index contributed by atoms with van der Waals surface area (Å²) in [4.78, 5) is 23.7. The molecule has 114 valence electrons. The summed E-state index contributed by atoms with van der Waals surface area (Å²) in [5, 5.41) is 11.8. The standard InChI is InChI=1S/C16H20FNO3/c1-10(2)9-13(14(19)20)18-15(21)16(7-8-16)11-3-5-12(17)6-4-11/h3-6,10,13H,7-9H2,1-2H3,(H,18,21)(H,19,20). The fraction of sp³-hybridized carbons (Fsp3) is 0.500. The van der Waals surface area contributed by atoms with Gasteiger partial charge < -0.3 is 10.4 Å². The molecule has 1 amide bonds. The molecule has 1 aromatic carbocycles. The molecular weight excluding hydrogens is 273 g/mol. The molecule has 1 aliphatic carbocycles. The van der Waals surface area contributed by atoms with Crippen molar-refractivity contribution in [2.45, 2.75) is 44.6 Å². The van der Waals surface area contributed by atoms with Gasteiger partial charge in [-0.1, -0.05) is 26.0 Å². The van der Waals surface area contributed by atoms with Gasteiger partial charge in [0.2, 0.25) is 5.91 Å². The van der Waals surface area contributed by atoms with E-state index in [9.17, 15) is 19.1 Å². The van der Waals surface area contributed by atoms with E-state index in [1.807, 2.05) is 13.8 Å². The molecule has 1 saturated carbocycles. The Morgan fingerprint density at radius 2 is 1.86 bits per heavy atom. The molecule has 2 rings (SSSR count). The molecule has 0 aromatic heterocycles. The van der Waals surface area contributed by atoms with Crippen LogP contribution in [0.4, 0.5) is 4.39 Å². The molecule has 4 nitrogen and oxygen atoms in total. The molecule has 0 aliphatic heterocycles. The van der Waals surface area contributed by atoms with E-state index in [-0.39, 0.29) is 17.6 Å². The molecule has 0 saturated heterocycles. The third kappa shape index (κ3) is 3.40. The van der Waals surface area contributed by atoms with E-state index < -0.39 is 17.4 Å². The van der Waals surface area contributed by atoms with Gasteiger partial charge in [0.15, 0.2) is 0 Å².